The highest BCUT2D eigenvalue weighted by atomic mass is 35.5. The van der Waals surface area contributed by atoms with Gasteiger partial charge in [0.1, 0.15) is 5.82 Å². The fourth-order valence-electron chi connectivity index (χ4n) is 2.80. The Morgan fingerprint density at radius 3 is 2.81 bits per heavy atom. The minimum absolute atomic E-state index is 0.280. The molecule has 4 rings (SSSR count). The predicted molar refractivity (Wildman–Crippen MR) is 106 cm³/mol. The summed E-state index contributed by atoms with van der Waals surface area (Å²) in [5, 5.41) is 7.30. The molecular formula is C20H19ClN4O2. The molecule has 0 fully saturated rings. The van der Waals surface area contributed by atoms with Crippen molar-refractivity contribution >= 4 is 23.4 Å². The van der Waals surface area contributed by atoms with E-state index >= 15 is 0 Å². The Labute approximate surface area is 162 Å². The number of nitrogens with zero attached hydrogens (tertiary/aromatic N) is 2. The predicted octanol–water partition coefficient (Wildman–Crippen LogP) is 4.13. The van der Waals surface area contributed by atoms with Crippen molar-refractivity contribution in [2.75, 3.05) is 24.0 Å². The van der Waals surface area contributed by atoms with E-state index in [0.29, 0.717) is 12.5 Å². The lowest BCUT2D eigenvalue weighted by Crippen LogP contribution is -2.09. The Hall–Kier alpha value is -2.99. The molecule has 0 spiro atoms. The molecule has 1 aliphatic heterocycles. The molecule has 0 saturated carbocycles. The average molecular weight is 383 g/mol. The third-order valence-electron chi connectivity index (χ3n) is 4.15. The van der Waals surface area contributed by atoms with Gasteiger partial charge >= 0.3 is 0 Å². The van der Waals surface area contributed by atoms with Crippen molar-refractivity contribution in [2.45, 2.75) is 13.0 Å². The van der Waals surface area contributed by atoms with Gasteiger partial charge in [-0.25, -0.2) is 4.98 Å². The SMILES string of the molecule is Clc1cccc(CCNc2nccc(NCc3ccc4c(c3)OCO4)n2)c1. The van der Waals surface area contributed by atoms with Gasteiger partial charge in [0.25, 0.3) is 0 Å². The van der Waals surface area contributed by atoms with Crippen LogP contribution in [0.3, 0.4) is 0 Å². The molecule has 0 radical (unpaired) electrons. The van der Waals surface area contributed by atoms with Crippen molar-refractivity contribution < 1.29 is 9.47 Å². The quantitative estimate of drug-likeness (QED) is 0.640. The molecule has 2 heterocycles. The Kier molecular flexibility index (Phi) is 5.25. The van der Waals surface area contributed by atoms with E-state index in [0.717, 1.165) is 40.9 Å². The van der Waals surface area contributed by atoms with Crippen LogP contribution in [-0.4, -0.2) is 23.3 Å². The maximum absolute atomic E-state index is 6.01. The second kappa shape index (κ2) is 8.14. The molecule has 0 amide bonds. The summed E-state index contributed by atoms with van der Waals surface area (Å²) in [6, 6.07) is 15.6. The summed E-state index contributed by atoms with van der Waals surface area (Å²) >= 11 is 6.01. The van der Waals surface area contributed by atoms with Crippen molar-refractivity contribution in [3.05, 3.63) is 70.9 Å². The minimum atomic E-state index is 0.280. The molecule has 0 aliphatic carbocycles. The smallest absolute Gasteiger partial charge is 0.231 e. The first-order chi connectivity index (χ1) is 13.3. The van der Waals surface area contributed by atoms with Gasteiger partial charge in [-0.1, -0.05) is 29.8 Å². The molecule has 27 heavy (non-hydrogen) atoms. The lowest BCUT2D eigenvalue weighted by Gasteiger charge is -2.09. The monoisotopic (exact) mass is 382 g/mol. The summed E-state index contributed by atoms with van der Waals surface area (Å²) in [5.74, 6) is 2.91. The molecule has 138 valence electrons. The number of ether oxygens (including phenoxy) is 2. The number of benzene rings is 2. The zero-order valence-electron chi connectivity index (χ0n) is 14.6. The number of hydrogen-bond acceptors (Lipinski definition) is 6. The molecule has 1 aliphatic rings. The molecule has 1 aromatic heterocycles. The zero-order chi connectivity index (χ0) is 18.5. The summed E-state index contributed by atoms with van der Waals surface area (Å²) in [5.41, 5.74) is 2.26. The maximum atomic E-state index is 6.01. The normalized spacial score (nSPS) is 12.0. The van der Waals surface area contributed by atoms with Crippen LogP contribution in [0, 0.1) is 0 Å². The number of halogens is 1. The lowest BCUT2D eigenvalue weighted by molar-refractivity contribution is 0.174. The van der Waals surface area contributed by atoms with E-state index < -0.39 is 0 Å². The molecule has 0 atom stereocenters. The standard InChI is InChI=1S/C20H19ClN4O2/c21-16-3-1-2-14(10-16)6-8-22-20-23-9-7-19(25-20)24-12-15-4-5-17-18(11-15)27-13-26-17/h1-5,7,9-11H,6,8,12-13H2,(H2,22,23,24,25). The highest BCUT2D eigenvalue weighted by Gasteiger charge is 2.13. The van der Waals surface area contributed by atoms with Gasteiger partial charge in [-0.3, -0.25) is 0 Å². The molecule has 7 heteroatoms. The summed E-state index contributed by atoms with van der Waals surface area (Å²) in [6.07, 6.45) is 2.58. The first-order valence-electron chi connectivity index (χ1n) is 8.70. The number of rotatable bonds is 7. The summed E-state index contributed by atoms with van der Waals surface area (Å²) < 4.78 is 10.7. The van der Waals surface area contributed by atoms with E-state index in [-0.39, 0.29) is 6.79 Å². The van der Waals surface area contributed by atoms with E-state index in [1.807, 2.05) is 42.5 Å². The highest BCUT2D eigenvalue weighted by Crippen LogP contribution is 2.32. The third kappa shape index (κ3) is 4.60. The van der Waals surface area contributed by atoms with Gasteiger partial charge in [0, 0.05) is 24.3 Å². The average Bonchev–Trinajstić information content (AvgIpc) is 3.15. The molecular weight excluding hydrogens is 364 g/mol. The largest absolute Gasteiger partial charge is 0.454 e. The highest BCUT2D eigenvalue weighted by molar-refractivity contribution is 6.30. The minimum Gasteiger partial charge on any atom is -0.454 e. The van der Waals surface area contributed by atoms with Crippen LogP contribution in [0.5, 0.6) is 11.5 Å². The summed E-state index contributed by atoms with van der Waals surface area (Å²) in [4.78, 5) is 8.76. The summed E-state index contributed by atoms with van der Waals surface area (Å²) in [6.45, 7) is 1.64. The Balaban J connectivity index is 1.31. The van der Waals surface area contributed by atoms with Gasteiger partial charge in [-0.15, -0.1) is 0 Å². The van der Waals surface area contributed by atoms with Crippen LogP contribution in [-0.2, 0) is 13.0 Å². The number of nitrogens with one attached hydrogen (secondary N) is 2. The van der Waals surface area contributed by atoms with Gasteiger partial charge < -0.3 is 20.1 Å². The van der Waals surface area contributed by atoms with Gasteiger partial charge in [0.15, 0.2) is 11.5 Å². The van der Waals surface area contributed by atoms with Crippen molar-refractivity contribution in [1.29, 1.82) is 0 Å². The van der Waals surface area contributed by atoms with Crippen molar-refractivity contribution in [1.82, 2.24) is 9.97 Å². The number of hydrogen-bond donors (Lipinski definition) is 2. The van der Waals surface area contributed by atoms with Crippen molar-refractivity contribution in [2.24, 2.45) is 0 Å². The van der Waals surface area contributed by atoms with E-state index in [1.165, 1.54) is 5.56 Å². The van der Waals surface area contributed by atoms with Crippen LogP contribution < -0.4 is 20.1 Å². The Morgan fingerprint density at radius 2 is 1.89 bits per heavy atom. The second-order valence-corrected chi connectivity index (χ2v) is 6.55. The first kappa shape index (κ1) is 17.4. The molecule has 0 unspecified atom stereocenters. The van der Waals surface area contributed by atoms with E-state index in [1.54, 1.807) is 6.20 Å². The molecule has 6 nitrogen and oxygen atoms in total. The molecule has 2 N–H and O–H groups in total. The first-order valence-corrected chi connectivity index (χ1v) is 9.08. The third-order valence-corrected chi connectivity index (χ3v) is 4.39. The molecule has 3 aromatic rings. The van der Waals surface area contributed by atoms with E-state index in [4.69, 9.17) is 21.1 Å². The Morgan fingerprint density at radius 1 is 0.963 bits per heavy atom. The number of anilines is 2. The van der Waals surface area contributed by atoms with Gasteiger partial charge in [-0.05, 0) is 47.9 Å². The number of fused-ring (bicyclic) bond motifs is 1. The lowest BCUT2D eigenvalue weighted by atomic mass is 10.1. The van der Waals surface area contributed by atoms with Crippen LogP contribution in [0.25, 0.3) is 0 Å². The van der Waals surface area contributed by atoms with E-state index in [9.17, 15) is 0 Å². The molecule has 2 aromatic carbocycles. The fraction of sp³-hybridized carbons (Fsp3) is 0.200. The topological polar surface area (TPSA) is 68.3 Å². The van der Waals surface area contributed by atoms with Crippen LogP contribution in [0.1, 0.15) is 11.1 Å². The van der Waals surface area contributed by atoms with Crippen LogP contribution in [0.2, 0.25) is 5.02 Å². The van der Waals surface area contributed by atoms with Gasteiger partial charge in [0.05, 0.1) is 0 Å². The molecule has 0 saturated heterocycles. The molecule has 0 bridgehead atoms. The van der Waals surface area contributed by atoms with Crippen molar-refractivity contribution in [3.8, 4) is 11.5 Å². The van der Waals surface area contributed by atoms with Gasteiger partial charge in [0.2, 0.25) is 12.7 Å². The van der Waals surface area contributed by atoms with Crippen molar-refractivity contribution in [3.63, 3.8) is 0 Å². The van der Waals surface area contributed by atoms with Crippen LogP contribution in [0.15, 0.2) is 54.7 Å². The van der Waals surface area contributed by atoms with Gasteiger partial charge in [-0.2, -0.15) is 4.98 Å². The number of aromatic nitrogens is 2. The zero-order valence-corrected chi connectivity index (χ0v) is 15.4. The van der Waals surface area contributed by atoms with Crippen LogP contribution >= 0.6 is 11.6 Å². The summed E-state index contributed by atoms with van der Waals surface area (Å²) in [7, 11) is 0. The van der Waals surface area contributed by atoms with Crippen LogP contribution in [0.4, 0.5) is 11.8 Å². The van der Waals surface area contributed by atoms with E-state index in [2.05, 4.69) is 26.7 Å². The maximum Gasteiger partial charge on any atom is 0.231 e. The Bertz CT molecular complexity index is 935. The fourth-order valence-corrected chi connectivity index (χ4v) is 3.01. The second-order valence-electron chi connectivity index (χ2n) is 6.11.